The lowest BCUT2D eigenvalue weighted by Gasteiger charge is -2.37. The SMILES string of the molecule is CCC1NC(=O)C(C)N(Cc2c(C)cccc2C)C1=O. The van der Waals surface area contributed by atoms with Gasteiger partial charge in [0.15, 0.2) is 0 Å². The second-order valence-electron chi connectivity index (χ2n) is 5.48. The van der Waals surface area contributed by atoms with Gasteiger partial charge in [-0.1, -0.05) is 25.1 Å². The van der Waals surface area contributed by atoms with Gasteiger partial charge >= 0.3 is 0 Å². The lowest BCUT2D eigenvalue weighted by molar-refractivity contribution is -0.149. The second-order valence-corrected chi connectivity index (χ2v) is 5.48. The number of hydrogen-bond acceptors (Lipinski definition) is 2. The molecule has 0 bridgehead atoms. The van der Waals surface area contributed by atoms with Gasteiger partial charge in [-0.2, -0.15) is 0 Å². The van der Waals surface area contributed by atoms with Gasteiger partial charge in [-0.05, 0) is 43.9 Å². The quantitative estimate of drug-likeness (QED) is 0.915. The van der Waals surface area contributed by atoms with Gasteiger partial charge in [-0.25, -0.2) is 0 Å². The Kier molecular flexibility index (Phi) is 4.12. The molecule has 0 saturated carbocycles. The van der Waals surface area contributed by atoms with Crippen molar-refractivity contribution in [3.05, 3.63) is 34.9 Å². The van der Waals surface area contributed by atoms with Gasteiger partial charge in [-0.3, -0.25) is 9.59 Å². The van der Waals surface area contributed by atoms with Gasteiger partial charge in [0.2, 0.25) is 11.8 Å². The molecule has 0 aliphatic carbocycles. The summed E-state index contributed by atoms with van der Waals surface area (Å²) in [5.41, 5.74) is 3.45. The number of rotatable bonds is 3. The molecule has 4 heteroatoms. The van der Waals surface area contributed by atoms with Crippen LogP contribution in [-0.4, -0.2) is 28.8 Å². The highest BCUT2D eigenvalue weighted by molar-refractivity contribution is 5.96. The van der Waals surface area contributed by atoms with E-state index in [4.69, 9.17) is 0 Å². The molecule has 1 aromatic rings. The molecule has 2 atom stereocenters. The molecule has 2 unspecified atom stereocenters. The molecule has 2 rings (SSSR count). The molecule has 1 fully saturated rings. The first-order valence-electron chi connectivity index (χ1n) is 7.11. The third-order valence-corrected chi connectivity index (χ3v) is 4.13. The second kappa shape index (κ2) is 5.65. The van der Waals surface area contributed by atoms with E-state index in [1.807, 2.05) is 39.0 Å². The number of nitrogens with one attached hydrogen (secondary N) is 1. The Balaban J connectivity index is 2.30. The van der Waals surface area contributed by atoms with Crippen molar-refractivity contribution < 1.29 is 9.59 Å². The Hall–Kier alpha value is -1.84. The number of nitrogens with zero attached hydrogens (tertiary/aromatic N) is 1. The molecule has 4 nitrogen and oxygen atoms in total. The van der Waals surface area contributed by atoms with Crippen LogP contribution in [0.2, 0.25) is 0 Å². The van der Waals surface area contributed by atoms with Crippen molar-refractivity contribution in [3.8, 4) is 0 Å². The predicted molar refractivity (Wildman–Crippen MR) is 78.1 cm³/mol. The zero-order chi connectivity index (χ0) is 14.9. The summed E-state index contributed by atoms with van der Waals surface area (Å²) in [6, 6.07) is 5.29. The van der Waals surface area contributed by atoms with Gasteiger partial charge in [-0.15, -0.1) is 0 Å². The number of carbonyl (C=O) groups is 2. The highest BCUT2D eigenvalue weighted by Gasteiger charge is 2.37. The van der Waals surface area contributed by atoms with Crippen LogP contribution in [0.3, 0.4) is 0 Å². The summed E-state index contributed by atoms with van der Waals surface area (Å²) in [6.45, 7) is 8.28. The molecule has 2 amide bonds. The number of carbonyl (C=O) groups excluding carboxylic acids is 2. The third kappa shape index (κ3) is 2.55. The lowest BCUT2D eigenvalue weighted by atomic mass is 9.99. The summed E-state index contributed by atoms with van der Waals surface area (Å²) < 4.78 is 0. The van der Waals surface area contributed by atoms with Gasteiger partial charge in [0, 0.05) is 6.54 Å². The molecule has 1 aromatic carbocycles. The van der Waals surface area contributed by atoms with Gasteiger partial charge in [0.25, 0.3) is 0 Å². The van der Waals surface area contributed by atoms with Crippen molar-refractivity contribution in [2.45, 2.75) is 52.7 Å². The number of amides is 2. The zero-order valence-corrected chi connectivity index (χ0v) is 12.6. The maximum absolute atomic E-state index is 12.5. The van der Waals surface area contributed by atoms with Gasteiger partial charge in [0.05, 0.1) is 0 Å². The zero-order valence-electron chi connectivity index (χ0n) is 12.6. The lowest BCUT2D eigenvalue weighted by Crippen LogP contribution is -2.61. The highest BCUT2D eigenvalue weighted by Crippen LogP contribution is 2.20. The standard InChI is InChI=1S/C16H22N2O2/c1-5-14-16(20)18(12(4)15(19)17-14)9-13-10(2)7-6-8-11(13)3/h6-8,12,14H,5,9H2,1-4H3,(H,17,19). The van der Waals surface area contributed by atoms with E-state index in [1.165, 1.54) is 0 Å². The predicted octanol–water partition coefficient (Wildman–Crippen LogP) is 1.93. The van der Waals surface area contributed by atoms with Crippen LogP contribution in [0.15, 0.2) is 18.2 Å². The molecule has 1 aliphatic heterocycles. The molecule has 1 N–H and O–H groups in total. The Labute approximate surface area is 120 Å². The maximum atomic E-state index is 12.5. The first-order chi connectivity index (χ1) is 9.45. The molecular weight excluding hydrogens is 252 g/mol. The van der Waals surface area contributed by atoms with E-state index >= 15 is 0 Å². The Morgan fingerprint density at radius 2 is 1.80 bits per heavy atom. The van der Waals surface area contributed by atoms with Crippen LogP contribution in [0.25, 0.3) is 0 Å². The minimum atomic E-state index is -0.413. The average molecular weight is 274 g/mol. The van der Waals surface area contributed by atoms with E-state index in [1.54, 1.807) is 11.8 Å². The van der Waals surface area contributed by atoms with E-state index in [-0.39, 0.29) is 17.9 Å². The largest absolute Gasteiger partial charge is 0.343 e. The van der Waals surface area contributed by atoms with Crippen LogP contribution in [-0.2, 0) is 16.1 Å². The number of piperazine rings is 1. The molecule has 0 radical (unpaired) electrons. The molecule has 0 spiro atoms. The van der Waals surface area contributed by atoms with Crippen molar-refractivity contribution in [2.24, 2.45) is 0 Å². The summed E-state index contributed by atoms with van der Waals surface area (Å²) in [4.78, 5) is 26.1. The topological polar surface area (TPSA) is 49.4 Å². The Morgan fingerprint density at radius 1 is 1.20 bits per heavy atom. The summed E-state index contributed by atoms with van der Waals surface area (Å²) in [5, 5.41) is 2.78. The third-order valence-electron chi connectivity index (χ3n) is 4.13. The fraction of sp³-hybridized carbons (Fsp3) is 0.500. The molecule has 108 valence electrons. The summed E-state index contributed by atoms with van der Waals surface area (Å²) >= 11 is 0. The van der Waals surface area contributed by atoms with E-state index in [0.717, 1.165) is 16.7 Å². The van der Waals surface area contributed by atoms with Crippen molar-refractivity contribution in [2.75, 3.05) is 0 Å². The Morgan fingerprint density at radius 3 is 2.35 bits per heavy atom. The maximum Gasteiger partial charge on any atom is 0.246 e. The minimum Gasteiger partial charge on any atom is -0.343 e. The summed E-state index contributed by atoms with van der Waals surface area (Å²) in [6.07, 6.45) is 0.626. The van der Waals surface area contributed by atoms with Crippen LogP contribution < -0.4 is 5.32 Å². The average Bonchev–Trinajstić information content (AvgIpc) is 2.41. The van der Waals surface area contributed by atoms with Crippen LogP contribution in [0.1, 0.15) is 37.0 Å². The smallest absolute Gasteiger partial charge is 0.246 e. The number of aryl methyl sites for hydroxylation is 2. The Bertz CT molecular complexity index is 519. The van der Waals surface area contributed by atoms with E-state index in [9.17, 15) is 9.59 Å². The molecule has 1 heterocycles. The van der Waals surface area contributed by atoms with Crippen molar-refractivity contribution >= 4 is 11.8 Å². The first kappa shape index (κ1) is 14.6. The summed E-state index contributed by atoms with van der Waals surface area (Å²) in [5.74, 6) is -0.0510. The summed E-state index contributed by atoms with van der Waals surface area (Å²) in [7, 11) is 0. The van der Waals surface area contributed by atoms with Crippen LogP contribution in [0.5, 0.6) is 0 Å². The normalized spacial score (nSPS) is 22.9. The number of hydrogen-bond donors (Lipinski definition) is 1. The van der Waals surface area contributed by atoms with Crippen molar-refractivity contribution in [1.82, 2.24) is 10.2 Å². The van der Waals surface area contributed by atoms with E-state index < -0.39 is 6.04 Å². The van der Waals surface area contributed by atoms with Crippen molar-refractivity contribution in [3.63, 3.8) is 0 Å². The van der Waals surface area contributed by atoms with Gasteiger partial charge in [0.1, 0.15) is 12.1 Å². The fourth-order valence-electron chi connectivity index (χ4n) is 2.65. The van der Waals surface area contributed by atoms with Crippen LogP contribution in [0, 0.1) is 13.8 Å². The first-order valence-corrected chi connectivity index (χ1v) is 7.11. The van der Waals surface area contributed by atoms with Gasteiger partial charge < -0.3 is 10.2 Å². The number of benzene rings is 1. The van der Waals surface area contributed by atoms with E-state index in [2.05, 4.69) is 5.32 Å². The van der Waals surface area contributed by atoms with Crippen LogP contribution in [0.4, 0.5) is 0 Å². The highest BCUT2D eigenvalue weighted by atomic mass is 16.2. The van der Waals surface area contributed by atoms with E-state index in [0.29, 0.717) is 13.0 Å². The monoisotopic (exact) mass is 274 g/mol. The molecule has 20 heavy (non-hydrogen) atoms. The molecule has 0 aromatic heterocycles. The minimum absolute atomic E-state index is 0.0160. The molecular formula is C16H22N2O2. The van der Waals surface area contributed by atoms with Crippen molar-refractivity contribution in [1.29, 1.82) is 0 Å². The molecule has 1 aliphatic rings. The van der Waals surface area contributed by atoms with Crippen LogP contribution >= 0.6 is 0 Å². The fourth-order valence-corrected chi connectivity index (χ4v) is 2.65. The molecule has 1 saturated heterocycles.